The highest BCUT2D eigenvalue weighted by Gasteiger charge is 2.24. The molecule has 0 unspecified atom stereocenters. The number of piperazine rings is 1. The lowest BCUT2D eigenvalue weighted by Crippen LogP contribution is -2.49. The summed E-state index contributed by atoms with van der Waals surface area (Å²) >= 11 is 6.10. The maximum atomic E-state index is 12.5. The second-order valence-corrected chi connectivity index (χ2v) is 5.50. The second-order valence-electron chi connectivity index (χ2n) is 5.10. The largest absolute Gasteiger partial charge is 0.339 e. The van der Waals surface area contributed by atoms with Gasteiger partial charge in [0.1, 0.15) is 0 Å². The van der Waals surface area contributed by atoms with Crippen LogP contribution < -0.4 is 4.90 Å². The van der Waals surface area contributed by atoms with E-state index in [1.54, 1.807) is 18.3 Å². The van der Waals surface area contributed by atoms with Crippen molar-refractivity contribution >= 4 is 23.5 Å². The zero-order valence-corrected chi connectivity index (χ0v) is 12.6. The van der Waals surface area contributed by atoms with Crippen LogP contribution in [0.25, 0.3) is 0 Å². The third-order valence-corrected chi connectivity index (χ3v) is 4.08. The molecule has 0 N–H and O–H groups in total. The summed E-state index contributed by atoms with van der Waals surface area (Å²) in [7, 11) is 1.98. The summed E-state index contributed by atoms with van der Waals surface area (Å²) < 4.78 is 1.99. The van der Waals surface area contributed by atoms with E-state index in [2.05, 4.69) is 9.88 Å². The number of nitrogens with zero attached hydrogens (tertiary/aromatic N) is 4. The van der Waals surface area contributed by atoms with Crippen molar-refractivity contribution in [3.05, 3.63) is 47.2 Å². The van der Waals surface area contributed by atoms with Crippen LogP contribution in [-0.4, -0.2) is 46.5 Å². The summed E-state index contributed by atoms with van der Waals surface area (Å²) in [6.07, 6.45) is 3.72. The van der Waals surface area contributed by atoms with Gasteiger partial charge in [0.05, 0.1) is 10.6 Å². The Morgan fingerprint density at radius 3 is 2.52 bits per heavy atom. The summed E-state index contributed by atoms with van der Waals surface area (Å²) in [4.78, 5) is 20.9. The third-order valence-electron chi connectivity index (χ3n) is 3.75. The monoisotopic (exact) mass is 304 g/mol. The summed E-state index contributed by atoms with van der Waals surface area (Å²) in [6.45, 7) is 2.91. The number of imidazole rings is 1. The highest BCUT2D eigenvalue weighted by Crippen LogP contribution is 2.19. The quantitative estimate of drug-likeness (QED) is 0.852. The van der Waals surface area contributed by atoms with Gasteiger partial charge < -0.3 is 14.4 Å². The van der Waals surface area contributed by atoms with Gasteiger partial charge in [0.15, 0.2) is 0 Å². The molecular weight excluding hydrogens is 288 g/mol. The topological polar surface area (TPSA) is 41.4 Å². The van der Waals surface area contributed by atoms with Crippen LogP contribution >= 0.6 is 11.6 Å². The molecule has 1 aromatic heterocycles. The van der Waals surface area contributed by atoms with Gasteiger partial charge >= 0.3 is 0 Å². The molecule has 1 aromatic carbocycles. The molecule has 0 radical (unpaired) electrons. The van der Waals surface area contributed by atoms with Crippen LogP contribution in [0, 0.1) is 0 Å². The number of hydrogen-bond acceptors (Lipinski definition) is 3. The summed E-state index contributed by atoms with van der Waals surface area (Å²) in [5, 5.41) is 0.508. The first-order valence-corrected chi connectivity index (χ1v) is 7.30. The van der Waals surface area contributed by atoms with E-state index in [0.29, 0.717) is 23.7 Å². The van der Waals surface area contributed by atoms with Crippen LogP contribution in [-0.2, 0) is 7.05 Å². The van der Waals surface area contributed by atoms with Gasteiger partial charge in [-0.1, -0.05) is 23.7 Å². The van der Waals surface area contributed by atoms with E-state index >= 15 is 0 Å². The van der Waals surface area contributed by atoms with Crippen molar-refractivity contribution in [2.45, 2.75) is 0 Å². The van der Waals surface area contributed by atoms with Gasteiger partial charge in [0.2, 0.25) is 5.95 Å². The van der Waals surface area contributed by atoms with E-state index < -0.39 is 0 Å². The Morgan fingerprint density at radius 2 is 1.90 bits per heavy atom. The van der Waals surface area contributed by atoms with Crippen LogP contribution in [0.15, 0.2) is 36.7 Å². The SMILES string of the molecule is Cn1ccnc1N1CCN(C(=O)c2ccccc2Cl)CC1. The standard InChI is InChI=1S/C15H17ClN4O/c1-18-7-6-17-15(18)20-10-8-19(9-11-20)14(21)12-4-2-3-5-13(12)16/h2-7H,8-11H2,1H3. The fraction of sp³-hybridized carbons (Fsp3) is 0.333. The van der Waals surface area contributed by atoms with E-state index in [1.807, 2.05) is 34.8 Å². The minimum atomic E-state index is 0.0000836. The number of aromatic nitrogens is 2. The number of aryl methyl sites for hydroxylation is 1. The minimum absolute atomic E-state index is 0.0000836. The van der Waals surface area contributed by atoms with Gasteiger partial charge in [-0.15, -0.1) is 0 Å². The van der Waals surface area contributed by atoms with E-state index in [0.717, 1.165) is 19.0 Å². The lowest BCUT2D eigenvalue weighted by molar-refractivity contribution is 0.0746. The van der Waals surface area contributed by atoms with Crippen LogP contribution in [0.4, 0.5) is 5.95 Å². The van der Waals surface area contributed by atoms with Crippen molar-refractivity contribution in [2.24, 2.45) is 7.05 Å². The Morgan fingerprint density at radius 1 is 1.19 bits per heavy atom. The van der Waals surface area contributed by atoms with Crippen LogP contribution in [0.2, 0.25) is 5.02 Å². The predicted molar refractivity (Wildman–Crippen MR) is 82.8 cm³/mol. The van der Waals surface area contributed by atoms with Crippen LogP contribution in [0.5, 0.6) is 0 Å². The second kappa shape index (κ2) is 5.77. The molecule has 0 aliphatic carbocycles. The first-order valence-electron chi connectivity index (χ1n) is 6.93. The predicted octanol–water partition coefficient (Wildman–Crippen LogP) is 2.04. The van der Waals surface area contributed by atoms with Gasteiger partial charge in [0, 0.05) is 45.6 Å². The first-order chi connectivity index (χ1) is 10.2. The Hall–Kier alpha value is -2.01. The van der Waals surface area contributed by atoms with Crippen molar-refractivity contribution in [1.29, 1.82) is 0 Å². The number of anilines is 1. The molecule has 2 aromatic rings. The summed E-state index contributed by atoms with van der Waals surface area (Å²) in [5.74, 6) is 0.944. The van der Waals surface area contributed by atoms with Gasteiger partial charge in [-0.25, -0.2) is 4.98 Å². The van der Waals surface area contributed by atoms with E-state index in [1.165, 1.54) is 0 Å². The number of hydrogen-bond donors (Lipinski definition) is 0. The van der Waals surface area contributed by atoms with E-state index in [-0.39, 0.29) is 5.91 Å². The molecule has 2 heterocycles. The maximum absolute atomic E-state index is 12.5. The number of amides is 1. The maximum Gasteiger partial charge on any atom is 0.255 e. The van der Waals surface area contributed by atoms with Crippen molar-refractivity contribution in [3.63, 3.8) is 0 Å². The van der Waals surface area contributed by atoms with Crippen LogP contribution in [0.3, 0.4) is 0 Å². The molecule has 0 atom stereocenters. The fourth-order valence-corrected chi connectivity index (χ4v) is 2.79. The number of carbonyl (C=O) groups is 1. The molecule has 1 amide bonds. The Bertz CT molecular complexity index is 647. The molecular formula is C15H17ClN4O. The molecule has 3 rings (SSSR count). The van der Waals surface area contributed by atoms with Gasteiger partial charge in [0.25, 0.3) is 5.91 Å². The Kier molecular flexibility index (Phi) is 3.84. The zero-order chi connectivity index (χ0) is 14.8. The van der Waals surface area contributed by atoms with Gasteiger partial charge in [-0.05, 0) is 12.1 Å². The lowest BCUT2D eigenvalue weighted by atomic mass is 10.2. The normalized spacial score (nSPS) is 15.3. The molecule has 0 spiro atoms. The Labute approximate surface area is 128 Å². The van der Waals surface area contributed by atoms with Crippen molar-refractivity contribution in [2.75, 3.05) is 31.1 Å². The Balaban J connectivity index is 1.67. The average molecular weight is 305 g/mol. The number of rotatable bonds is 2. The molecule has 6 heteroatoms. The van der Waals surface area contributed by atoms with Crippen molar-refractivity contribution < 1.29 is 4.79 Å². The molecule has 21 heavy (non-hydrogen) atoms. The van der Waals surface area contributed by atoms with E-state index in [4.69, 9.17) is 11.6 Å². The number of carbonyl (C=O) groups excluding carboxylic acids is 1. The number of halogens is 1. The van der Waals surface area contributed by atoms with E-state index in [9.17, 15) is 4.79 Å². The molecule has 1 fully saturated rings. The first kappa shape index (κ1) is 13.9. The molecule has 5 nitrogen and oxygen atoms in total. The molecule has 0 saturated carbocycles. The minimum Gasteiger partial charge on any atom is -0.339 e. The molecule has 0 bridgehead atoms. The molecule has 1 saturated heterocycles. The lowest BCUT2D eigenvalue weighted by Gasteiger charge is -2.35. The van der Waals surface area contributed by atoms with Crippen molar-refractivity contribution in [1.82, 2.24) is 14.5 Å². The third kappa shape index (κ3) is 2.74. The fourth-order valence-electron chi connectivity index (χ4n) is 2.58. The zero-order valence-electron chi connectivity index (χ0n) is 11.9. The molecule has 1 aliphatic rings. The van der Waals surface area contributed by atoms with Gasteiger partial charge in [-0.3, -0.25) is 4.79 Å². The highest BCUT2D eigenvalue weighted by atomic mass is 35.5. The summed E-state index contributed by atoms with van der Waals surface area (Å²) in [6, 6.07) is 7.19. The van der Waals surface area contributed by atoms with Crippen LogP contribution in [0.1, 0.15) is 10.4 Å². The number of benzene rings is 1. The van der Waals surface area contributed by atoms with Gasteiger partial charge in [-0.2, -0.15) is 0 Å². The average Bonchev–Trinajstić information content (AvgIpc) is 2.93. The van der Waals surface area contributed by atoms with Crippen molar-refractivity contribution in [3.8, 4) is 0 Å². The summed E-state index contributed by atoms with van der Waals surface area (Å²) in [5.41, 5.74) is 0.574. The highest BCUT2D eigenvalue weighted by molar-refractivity contribution is 6.33. The molecule has 1 aliphatic heterocycles. The molecule has 110 valence electrons. The smallest absolute Gasteiger partial charge is 0.255 e.